The van der Waals surface area contributed by atoms with E-state index in [0.717, 1.165) is 40.8 Å². The highest BCUT2D eigenvalue weighted by molar-refractivity contribution is 5.70. The summed E-state index contributed by atoms with van der Waals surface area (Å²) >= 11 is 0. The summed E-state index contributed by atoms with van der Waals surface area (Å²) in [6.45, 7) is 9.59. The molecule has 178 valence electrons. The first-order chi connectivity index (χ1) is 17.1. The number of hydrogen-bond donors (Lipinski definition) is 1. The second-order valence-electron chi connectivity index (χ2n) is 8.32. The van der Waals surface area contributed by atoms with Crippen LogP contribution in [-0.2, 0) is 26.0 Å². The molecule has 5 nitrogen and oxygen atoms in total. The van der Waals surface area contributed by atoms with Gasteiger partial charge in [-0.2, -0.15) is 5.26 Å². The molecule has 35 heavy (non-hydrogen) atoms. The van der Waals surface area contributed by atoms with Crippen LogP contribution in [-0.4, -0.2) is 14.7 Å². The number of allylic oxidation sites excluding steroid dienone is 4. The first-order valence-corrected chi connectivity index (χ1v) is 11.8. The first kappa shape index (κ1) is 25.6. The second-order valence-corrected chi connectivity index (χ2v) is 8.32. The zero-order valence-electron chi connectivity index (χ0n) is 20.2. The molecular formula is C30H31N3O2. The number of hydrogen-bond acceptors (Lipinski definition) is 4. The number of unbranched alkanes of at least 4 members (excludes halogenated alkanes) is 1. The summed E-state index contributed by atoms with van der Waals surface area (Å²) in [6.07, 6.45) is 8.13. The van der Waals surface area contributed by atoms with Gasteiger partial charge >= 0.3 is 0 Å². The van der Waals surface area contributed by atoms with Crippen LogP contribution in [0.15, 0.2) is 90.3 Å². The van der Waals surface area contributed by atoms with Gasteiger partial charge in [-0.3, -0.25) is 9.36 Å². The smallest absolute Gasteiger partial charge is 0.257 e. The van der Waals surface area contributed by atoms with Crippen molar-refractivity contribution in [3.63, 3.8) is 0 Å². The minimum Gasteiger partial charge on any atom is -0.388 e. The Morgan fingerprint density at radius 2 is 1.91 bits per heavy atom. The number of benzene rings is 2. The van der Waals surface area contributed by atoms with Gasteiger partial charge in [-0.05, 0) is 41.2 Å². The van der Waals surface area contributed by atoms with Crippen molar-refractivity contribution in [1.29, 1.82) is 5.26 Å². The third kappa shape index (κ3) is 6.11. The van der Waals surface area contributed by atoms with Gasteiger partial charge < -0.3 is 5.11 Å². The Bertz CT molecular complexity index is 1330. The van der Waals surface area contributed by atoms with E-state index in [-0.39, 0.29) is 18.7 Å². The highest BCUT2D eigenvalue weighted by atomic mass is 16.3. The van der Waals surface area contributed by atoms with Crippen LogP contribution in [0.4, 0.5) is 0 Å². The lowest BCUT2D eigenvalue weighted by Crippen LogP contribution is -2.31. The van der Waals surface area contributed by atoms with Crippen molar-refractivity contribution < 1.29 is 5.11 Å². The van der Waals surface area contributed by atoms with E-state index in [1.54, 1.807) is 24.3 Å². The molecular weight excluding hydrogens is 434 g/mol. The summed E-state index contributed by atoms with van der Waals surface area (Å²) < 4.78 is 1.53. The van der Waals surface area contributed by atoms with Crippen molar-refractivity contribution in [2.75, 3.05) is 0 Å². The maximum absolute atomic E-state index is 13.7. The fourth-order valence-corrected chi connectivity index (χ4v) is 4.06. The van der Waals surface area contributed by atoms with E-state index in [9.17, 15) is 15.2 Å². The number of aromatic nitrogens is 2. The van der Waals surface area contributed by atoms with E-state index in [4.69, 9.17) is 4.98 Å². The van der Waals surface area contributed by atoms with Gasteiger partial charge in [-0.25, -0.2) is 4.98 Å². The molecule has 0 atom stereocenters. The van der Waals surface area contributed by atoms with Crippen molar-refractivity contribution in [3.8, 4) is 17.2 Å². The molecule has 0 amide bonds. The molecule has 0 saturated carbocycles. The molecule has 0 saturated heterocycles. The standard InChI is InChI=1S/C30H31N3O2/c1-4-7-13-28-27(30(35)33(29(21-34)32-28)20-22(6-3)10-5-2)18-23-14-16-24(17-15-23)26-12-9-8-11-25(26)19-31/h5-6,8-12,14-17,34H,2-4,7,13,18,20-21H2,1H3/b22-10+. The number of aliphatic hydroxyl groups excluding tert-OH is 1. The number of aryl methyl sites for hydroxylation is 1. The minimum atomic E-state index is -0.319. The molecule has 0 aliphatic carbocycles. The van der Waals surface area contributed by atoms with E-state index in [2.05, 4.69) is 26.2 Å². The van der Waals surface area contributed by atoms with Crippen molar-refractivity contribution in [2.45, 2.75) is 45.8 Å². The van der Waals surface area contributed by atoms with Gasteiger partial charge in [0.15, 0.2) is 0 Å². The summed E-state index contributed by atoms with van der Waals surface area (Å²) in [5.74, 6) is 0.352. The van der Waals surface area contributed by atoms with Gasteiger partial charge in [0, 0.05) is 12.0 Å². The summed E-state index contributed by atoms with van der Waals surface area (Å²) in [6, 6.07) is 17.7. The Hall–Kier alpha value is -4.01. The lowest BCUT2D eigenvalue weighted by molar-refractivity contribution is 0.262. The van der Waals surface area contributed by atoms with Crippen LogP contribution in [0.1, 0.15) is 48.0 Å². The van der Waals surface area contributed by atoms with E-state index in [0.29, 0.717) is 29.8 Å². The third-order valence-electron chi connectivity index (χ3n) is 5.96. The normalized spacial score (nSPS) is 11.2. The van der Waals surface area contributed by atoms with Gasteiger partial charge in [-0.15, -0.1) is 0 Å². The maximum atomic E-state index is 13.7. The number of nitrogens with zero attached hydrogens (tertiary/aromatic N) is 3. The summed E-state index contributed by atoms with van der Waals surface area (Å²) in [4.78, 5) is 18.4. The Balaban J connectivity index is 2.03. The molecule has 0 aliphatic heterocycles. The molecule has 0 radical (unpaired) electrons. The molecule has 5 heteroatoms. The predicted molar refractivity (Wildman–Crippen MR) is 141 cm³/mol. The van der Waals surface area contributed by atoms with Gasteiger partial charge in [0.2, 0.25) is 0 Å². The van der Waals surface area contributed by atoms with Crippen molar-refractivity contribution in [2.24, 2.45) is 0 Å². The molecule has 0 bridgehead atoms. The molecule has 3 rings (SSSR count). The Kier molecular flexibility index (Phi) is 9.11. The van der Waals surface area contributed by atoms with Gasteiger partial charge in [0.25, 0.3) is 5.56 Å². The Morgan fingerprint density at radius 3 is 2.54 bits per heavy atom. The largest absolute Gasteiger partial charge is 0.388 e. The second kappa shape index (κ2) is 12.5. The lowest BCUT2D eigenvalue weighted by atomic mass is 9.96. The van der Waals surface area contributed by atoms with E-state index >= 15 is 0 Å². The Morgan fingerprint density at radius 1 is 1.17 bits per heavy atom. The summed E-state index contributed by atoms with van der Waals surface area (Å²) in [5.41, 5.74) is 5.48. The molecule has 0 spiro atoms. The fourth-order valence-electron chi connectivity index (χ4n) is 4.06. The third-order valence-corrected chi connectivity index (χ3v) is 5.96. The monoisotopic (exact) mass is 465 g/mol. The van der Waals surface area contributed by atoms with E-state index < -0.39 is 0 Å². The van der Waals surface area contributed by atoms with Gasteiger partial charge in [0.05, 0.1) is 23.9 Å². The van der Waals surface area contributed by atoms with Crippen LogP contribution in [0.5, 0.6) is 0 Å². The average Bonchev–Trinajstić information content (AvgIpc) is 2.90. The van der Waals surface area contributed by atoms with Gasteiger partial charge in [-0.1, -0.05) is 87.2 Å². The highest BCUT2D eigenvalue weighted by Crippen LogP contribution is 2.24. The van der Waals surface area contributed by atoms with Crippen LogP contribution in [0.2, 0.25) is 0 Å². The highest BCUT2D eigenvalue weighted by Gasteiger charge is 2.17. The molecule has 2 aromatic carbocycles. The average molecular weight is 466 g/mol. The number of rotatable bonds is 11. The molecule has 1 heterocycles. The van der Waals surface area contributed by atoms with Crippen LogP contribution >= 0.6 is 0 Å². The zero-order chi connectivity index (χ0) is 25.2. The topological polar surface area (TPSA) is 78.9 Å². The molecule has 0 unspecified atom stereocenters. The lowest BCUT2D eigenvalue weighted by Gasteiger charge is -2.17. The first-order valence-electron chi connectivity index (χ1n) is 11.8. The predicted octanol–water partition coefficient (Wildman–Crippen LogP) is 5.51. The number of aliphatic hydroxyl groups is 1. The molecule has 0 fully saturated rings. The van der Waals surface area contributed by atoms with Crippen LogP contribution in [0, 0.1) is 11.3 Å². The minimum absolute atomic E-state index is 0.147. The molecule has 1 N–H and O–H groups in total. The van der Waals surface area contributed by atoms with Crippen molar-refractivity contribution >= 4 is 0 Å². The van der Waals surface area contributed by atoms with Crippen LogP contribution in [0.3, 0.4) is 0 Å². The quantitative estimate of drug-likeness (QED) is 0.379. The zero-order valence-corrected chi connectivity index (χ0v) is 20.2. The van der Waals surface area contributed by atoms with Crippen LogP contribution in [0.25, 0.3) is 11.1 Å². The SMILES string of the molecule is C=C/C=C(\C=C)Cn1c(CO)nc(CCCC)c(Cc2ccc(-c3ccccc3C#N)cc2)c1=O. The summed E-state index contributed by atoms with van der Waals surface area (Å²) in [5, 5.41) is 19.4. The molecule has 1 aromatic heterocycles. The maximum Gasteiger partial charge on any atom is 0.257 e. The van der Waals surface area contributed by atoms with E-state index in [1.807, 2.05) is 42.5 Å². The van der Waals surface area contributed by atoms with Crippen LogP contribution < -0.4 is 5.56 Å². The fraction of sp³-hybridized carbons (Fsp3) is 0.233. The Labute approximate surface area is 207 Å². The van der Waals surface area contributed by atoms with Crippen molar-refractivity contribution in [3.05, 3.63) is 124 Å². The summed E-state index contributed by atoms with van der Waals surface area (Å²) in [7, 11) is 0. The van der Waals surface area contributed by atoms with Crippen molar-refractivity contribution in [1.82, 2.24) is 9.55 Å². The number of nitriles is 1. The molecule has 3 aromatic rings. The van der Waals surface area contributed by atoms with E-state index in [1.165, 1.54) is 4.57 Å². The molecule has 0 aliphatic rings. The van der Waals surface area contributed by atoms with Gasteiger partial charge in [0.1, 0.15) is 12.4 Å².